The summed E-state index contributed by atoms with van der Waals surface area (Å²) >= 11 is 5.84. The van der Waals surface area contributed by atoms with Gasteiger partial charge in [0.1, 0.15) is 17.5 Å². The van der Waals surface area contributed by atoms with Crippen molar-refractivity contribution in [2.45, 2.75) is 57.7 Å². The number of alkyl halides is 3. The van der Waals surface area contributed by atoms with Crippen LogP contribution in [-0.4, -0.2) is 10.7 Å². The number of hydrogen-bond acceptors (Lipinski definition) is 3. The second-order valence-corrected chi connectivity index (χ2v) is 7.44. The van der Waals surface area contributed by atoms with Gasteiger partial charge in [0.05, 0.1) is 11.3 Å². The summed E-state index contributed by atoms with van der Waals surface area (Å²) in [6.07, 6.45) is 0.316. The van der Waals surface area contributed by atoms with Gasteiger partial charge in [-0.3, -0.25) is 0 Å². The quantitative estimate of drug-likeness (QED) is 0.310. The SMILES string of the molecule is CC(=NOCc1ccc(C2CCCCC2)c(C(F)(F)F)c1)c1cccc(Cl)n1. The number of halogens is 4. The Bertz CT molecular complexity index is 846. The Morgan fingerprint density at radius 2 is 1.93 bits per heavy atom. The Kier molecular flexibility index (Phi) is 6.60. The highest BCUT2D eigenvalue weighted by molar-refractivity contribution is 6.29. The summed E-state index contributed by atoms with van der Waals surface area (Å²) in [4.78, 5) is 9.38. The third kappa shape index (κ3) is 5.25. The van der Waals surface area contributed by atoms with Crippen molar-refractivity contribution >= 4 is 17.3 Å². The lowest BCUT2D eigenvalue weighted by molar-refractivity contribution is -0.138. The van der Waals surface area contributed by atoms with Crippen molar-refractivity contribution in [1.82, 2.24) is 4.98 Å². The summed E-state index contributed by atoms with van der Waals surface area (Å²) in [5.74, 6) is -0.0190. The molecule has 2 aromatic rings. The molecule has 1 heterocycles. The zero-order valence-corrected chi connectivity index (χ0v) is 16.4. The summed E-state index contributed by atoms with van der Waals surface area (Å²) in [5, 5.41) is 4.28. The van der Waals surface area contributed by atoms with Gasteiger partial charge in [0, 0.05) is 0 Å². The van der Waals surface area contributed by atoms with E-state index in [2.05, 4.69) is 10.1 Å². The van der Waals surface area contributed by atoms with E-state index in [1.54, 1.807) is 37.3 Å². The first-order valence-corrected chi connectivity index (χ1v) is 9.72. The van der Waals surface area contributed by atoms with Crippen molar-refractivity contribution in [2.24, 2.45) is 5.16 Å². The van der Waals surface area contributed by atoms with E-state index in [9.17, 15) is 13.2 Å². The van der Waals surface area contributed by atoms with Gasteiger partial charge in [-0.1, -0.05) is 54.2 Å². The van der Waals surface area contributed by atoms with E-state index in [0.29, 0.717) is 27.7 Å². The number of rotatable bonds is 5. The molecule has 1 aromatic heterocycles. The van der Waals surface area contributed by atoms with Crippen LogP contribution in [0.1, 0.15) is 67.3 Å². The minimum absolute atomic E-state index is 0.0190. The van der Waals surface area contributed by atoms with E-state index < -0.39 is 11.7 Å². The van der Waals surface area contributed by atoms with Crippen LogP contribution in [0.3, 0.4) is 0 Å². The van der Waals surface area contributed by atoms with Gasteiger partial charge in [0.15, 0.2) is 0 Å². The average molecular weight is 411 g/mol. The molecule has 0 bridgehead atoms. The second kappa shape index (κ2) is 8.95. The predicted molar refractivity (Wildman–Crippen MR) is 104 cm³/mol. The number of aromatic nitrogens is 1. The van der Waals surface area contributed by atoms with Gasteiger partial charge in [0.25, 0.3) is 0 Å². The molecule has 0 spiro atoms. The fourth-order valence-corrected chi connectivity index (χ4v) is 3.73. The summed E-state index contributed by atoms with van der Waals surface area (Å²) in [6, 6.07) is 9.60. The van der Waals surface area contributed by atoms with Crippen molar-refractivity contribution < 1.29 is 18.0 Å². The van der Waals surface area contributed by atoms with Crippen LogP contribution in [0.25, 0.3) is 0 Å². The average Bonchev–Trinajstić information content (AvgIpc) is 2.68. The summed E-state index contributed by atoms with van der Waals surface area (Å²) < 4.78 is 40.8. The Hall–Kier alpha value is -2.08. The first-order valence-electron chi connectivity index (χ1n) is 9.34. The molecule has 1 aliphatic carbocycles. The van der Waals surface area contributed by atoms with Crippen LogP contribution in [-0.2, 0) is 17.6 Å². The van der Waals surface area contributed by atoms with Crippen molar-refractivity contribution in [2.75, 3.05) is 0 Å². The summed E-state index contributed by atoms with van der Waals surface area (Å²) in [7, 11) is 0. The van der Waals surface area contributed by atoms with E-state index >= 15 is 0 Å². The highest BCUT2D eigenvalue weighted by Crippen LogP contribution is 2.41. The third-order valence-corrected chi connectivity index (χ3v) is 5.20. The lowest BCUT2D eigenvalue weighted by atomic mass is 9.81. The van der Waals surface area contributed by atoms with Gasteiger partial charge < -0.3 is 4.84 Å². The zero-order valence-electron chi connectivity index (χ0n) is 15.6. The molecule has 3 rings (SSSR count). The number of nitrogens with zero attached hydrogens (tertiary/aromatic N) is 2. The van der Waals surface area contributed by atoms with E-state index in [1.165, 1.54) is 6.07 Å². The maximum Gasteiger partial charge on any atom is 0.416 e. The largest absolute Gasteiger partial charge is 0.416 e. The van der Waals surface area contributed by atoms with E-state index in [1.807, 2.05) is 0 Å². The molecule has 1 saturated carbocycles. The molecule has 150 valence electrons. The minimum Gasteiger partial charge on any atom is -0.391 e. The Balaban J connectivity index is 1.74. The molecule has 1 aromatic carbocycles. The number of oxime groups is 1. The van der Waals surface area contributed by atoms with Gasteiger partial charge in [0.2, 0.25) is 0 Å². The van der Waals surface area contributed by atoms with Crippen molar-refractivity contribution in [3.63, 3.8) is 0 Å². The molecule has 3 nitrogen and oxygen atoms in total. The first-order chi connectivity index (χ1) is 13.3. The molecule has 0 atom stereocenters. The third-order valence-electron chi connectivity index (χ3n) is 4.99. The van der Waals surface area contributed by atoms with E-state index in [-0.39, 0.29) is 12.5 Å². The molecule has 1 aliphatic rings. The van der Waals surface area contributed by atoms with E-state index in [4.69, 9.17) is 16.4 Å². The Morgan fingerprint density at radius 1 is 1.18 bits per heavy atom. The normalized spacial score (nSPS) is 16.2. The number of pyridine rings is 1. The summed E-state index contributed by atoms with van der Waals surface area (Å²) in [6.45, 7) is 1.65. The van der Waals surface area contributed by atoms with Crippen LogP contribution in [0.15, 0.2) is 41.6 Å². The standard InChI is InChI=1S/C21H22ClF3N2O/c1-14(19-8-5-9-20(22)26-19)27-28-13-15-10-11-17(16-6-3-2-4-7-16)18(12-15)21(23,24)25/h5,8-12,16H,2-4,6-7,13H2,1H3. The van der Waals surface area contributed by atoms with E-state index in [0.717, 1.165) is 32.1 Å². The summed E-state index contributed by atoms with van der Waals surface area (Å²) in [5.41, 5.74) is 1.33. The molecule has 0 aliphatic heterocycles. The monoisotopic (exact) mass is 410 g/mol. The van der Waals surface area contributed by atoms with Gasteiger partial charge in [-0.15, -0.1) is 0 Å². The fraction of sp³-hybridized carbons (Fsp3) is 0.429. The zero-order chi connectivity index (χ0) is 20.1. The molecule has 0 saturated heterocycles. The molecule has 0 radical (unpaired) electrons. The second-order valence-electron chi connectivity index (χ2n) is 7.05. The molecule has 0 amide bonds. The lowest BCUT2D eigenvalue weighted by Crippen LogP contribution is -2.15. The molecule has 0 unspecified atom stereocenters. The predicted octanol–water partition coefficient (Wildman–Crippen LogP) is 6.74. The number of hydrogen-bond donors (Lipinski definition) is 0. The van der Waals surface area contributed by atoms with Crippen LogP contribution in [0.4, 0.5) is 13.2 Å². The Morgan fingerprint density at radius 3 is 2.61 bits per heavy atom. The minimum atomic E-state index is -4.38. The molecular formula is C21H22ClF3N2O. The fourth-order valence-electron chi connectivity index (χ4n) is 3.57. The van der Waals surface area contributed by atoms with Gasteiger partial charge in [-0.05, 0) is 55.0 Å². The molecular weight excluding hydrogens is 389 g/mol. The van der Waals surface area contributed by atoms with Gasteiger partial charge in [-0.25, -0.2) is 4.98 Å². The topological polar surface area (TPSA) is 34.5 Å². The van der Waals surface area contributed by atoms with Crippen LogP contribution < -0.4 is 0 Å². The maximum atomic E-state index is 13.6. The molecule has 7 heteroatoms. The van der Waals surface area contributed by atoms with Crippen molar-refractivity contribution in [3.05, 3.63) is 63.9 Å². The highest BCUT2D eigenvalue weighted by Gasteiger charge is 2.35. The molecule has 0 N–H and O–H groups in total. The molecule has 28 heavy (non-hydrogen) atoms. The van der Waals surface area contributed by atoms with Crippen molar-refractivity contribution in [1.29, 1.82) is 0 Å². The first kappa shape index (κ1) is 20.6. The smallest absolute Gasteiger partial charge is 0.391 e. The van der Waals surface area contributed by atoms with Crippen LogP contribution in [0.2, 0.25) is 5.15 Å². The van der Waals surface area contributed by atoms with Gasteiger partial charge >= 0.3 is 6.18 Å². The van der Waals surface area contributed by atoms with Crippen LogP contribution >= 0.6 is 11.6 Å². The highest BCUT2D eigenvalue weighted by atomic mass is 35.5. The maximum absolute atomic E-state index is 13.6. The van der Waals surface area contributed by atoms with Crippen LogP contribution in [0, 0.1) is 0 Å². The van der Waals surface area contributed by atoms with Crippen molar-refractivity contribution in [3.8, 4) is 0 Å². The number of benzene rings is 1. The van der Waals surface area contributed by atoms with Crippen LogP contribution in [0.5, 0.6) is 0 Å². The lowest BCUT2D eigenvalue weighted by Gasteiger charge is -2.25. The Labute approximate surface area is 167 Å². The van der Waals surface area contributed by atoms with Gasteiger partial charge in [-0.2, -0.15) is 13.2 Å². The molecule has 1 fully saturated rings.